The van der Waals surface area contributed by atoms with Crippen molar-refractivity contribution in [3.63, 3.8) is 0 Å². The van der Waals surface area contributed by atoms with E-state index in [1.807, 2.05) is 14.0 Å². The highest BCUT2D eigenvalue weighted by atomic mass is 19.1. The minimum Gasteiger partial charge on any atom is -0.354 e. The van der Waals surface area contributed by atoms with Crippen LogP contribution in [-0.4, -0.2) is 24.6 Å². The van der Waals surface area contributed by atoms with Gasteiger partial charge in [0.1, 0.15) is 0 Å². The average Bonchev–Trinajstić information content (AvgIpc) is 2.74. The van der Waals surface area contributed by atoms with Crippen LogP contribution in [0.1, 0.15) is 51.0 Å². The summed E-state index contributed by atoms with van der Waals surface area (Å²) in [6.45, 7) is 3.43. The molecule has 0 radical (unpaired) electrons. The second-order valence-corrected chi connectivity index (χ2v) is 5.64. The second-order valence-electron chi connectivity index (χ2n) is 5.64. The number of hydrogen-bond donors (Lipinski definition) is 1. The van der Waals surface area contributed by atoms with Crippen LogP contribution in [0.5, 0.6) is 0 Å². The van der Waals surface area contributed by atoms with E-state index in [4.69, 9.17) is 0 Å². The number of pyridine rings is 1. The largest absolute Gasteiger partial charge is 0.354 e. The van der Waals surface area contributed by atoms with Gasteiger partial charge in [0.05, 0.1) is 0 Å². The van der Waals surface area contributed by atoms with Crippen molar-refractivity contribution in [1.82, 2.24) is 10.3 Å². The van der Waals surface area contributed by atoms with Crippen molar-refractivity contribution < 1.29 is 4.39 Å². The normalized spacial score (nSPS) is 16.9. The molecule has 3 nitrogen and oxygen atoms in total. The number of halogens is 1. The topological polar surface area (TPSA) is 28.2 Å². The van der Waals surface area contributed by atoms with Crippen LogP contribution in [0.3, 0.4) is 0 Å². The van der Waals surface area contributed by atoms with Crippen LogP contribution in [0.4, 0.5) is 10.2 Å². The Hall–Kier alpha value is -1.16. The maximum absolute atomic E-state index is 14.6. The van der Waals surface area contributed by atoms with Gasteiger partial charge in [0.15, 0.2) is 11.6 Å². The van der Waals surface area contributed by atoms with E-state index in [1.165, 1.54) is 25.7 Å². The molecule has 0 bridgehead atoms. The first-order chi connectivity index (χ1) is 9.74. The van der Waals surface area contributed by atoms with Gasteiger partial charge in [-0.25, -0.2) is 9.37 Å². The number of aromatic nitrogens is 1. The number of nitrogens with zero attached hydrogens (tertiary/aromatic N) is 2. The van der Waals surface area contributed by atoms with Crippen molar-refractivity contribution in [3.8, 4) is 0 Å². The quantitative estimate of drug-likeness (QED) is 0.836. The minimum atomic E-state index is -0.166. The smallest absolute Gasteiger partial charge is 0.170 e. The summed E-state index contributed by atoms with van der Waals surface area (Å²) in [5, 5.41) is 3.17. The van der Waals surface area contributed by atoms with Crippen molar-refractivity contribution in [2.75, 3.05) is 18.5 Å². The van der Waals surface area contributed by atoms with Crippen LogP contribution in [0.2, 0.25) is 0 Å². The molecule has 1 fully saturated rings. The van der Waals surface area contributed by atoms with Crippen molar-refractivity contribution in [2.45, 2.75) is 58.0 Å². The number of rotatable bonds is 5. The molecule has 4 heteroatoms. The van der Waals surface area contributed by atoms with Crippen molar-refractivity contribution >= 4 is 5.82 Å². The zero-order valence-corrected chi connectivity index (χ0v) is 12.7. The Morgan fingerprint density at radius 3 is 2.65 bits per heavy atom. The fourth-order valence-electron chi connectivity index (χ4n) is 2.93. The highest BCUT2D eigenvalue weighted by Gasteiger charge is 2.21. The lowest BCUT2D eigenvalue weighted by Gasteiger charge is -2.29. The van der Waals surface area contributed by atoms with Crippen molar-refractivity contribution in [1.29, 1.82) is 0 Å². The van der Waals surface area contributed by atoms with Gasteiger partial charge in [-0.3, -0.25) is 0 Å². The Balaban J connectivity index is 2.13. The molecule has 0 aromatic carbocycles. The Morgan fingerprint density at radius 2 is 2.00 bits per heavy atom. The van der Waals surface area contributed by atoms with Gasteiger partial charge in [-0.1, -0.05) is 32.6 Å². The molecule has 0 spiro atoms. The fraction of sp³-hybridized carbons (Fsp3) is 0.688. The van der Waals surface area contributed by atoms with E-state index in [0.717, 1.165) is 19.4 Å². The molecule has 1 aromatic heterocycles. The van der Waals surface area contributed by atoms with E-state index in [9.17, 15) is 4.39 Å². The van der Waals surface area contributed by atoms with E-state index in [1.54, 1.807) is 12.3 Å². The molecule has 1 aliphatic rings. The Labute approximate surface area is 121 Å². The third kappa shape index (κ3) is 3.69. The molecule has 1 N–H and O–H groups in total. The van der Waals surface area contributed by atoms with E-state index >= 15 is 0 Å². The average molecular weight is 279 g/mol. The van der Waals surface area contributed by atoms with E-state index in [2.05, 4.69) is 15.2 Å². The highest BCUT2D eigenvalue weighted by molar-refractivity contribution is 5.43. The van der Waals surface area contributed by atoms with E-state index in [-0.39, 0.29) is 5.82 Å². The van der Waals surface area contributed by atoms with Crippen molar-refractivity contribution in [2.24, 2.45) is 0 Å². The molecular formula is C16H26FN3. The third-order valence-corrected chi connectivity index (χ3v) is 4.22. The lowest BCUT2D eigenvalue weighted by atomic mass is 10.1. The molecule has 0 amide bonds. The molecule has 112 valence electrons. The van der Waals surface area contributed by atoms with Gasteiger partial charge >= 0.3 is 0 Å². The molecule has 1 saturated carbocycles. The number of anilines is 1. The lowest BCUT2D eigenvalue weighted by molar-refractivity contribution is 0.525. The molecule has 0 unspecified atom stereocenters. The molecule has 2 rings (SSSR count). The number of hydrogen-bond acceptors (Lipinski definition) is 3. The molecule has 0 aliphatic heterocycles. The fourth-order valence-corrected chi connectivity index (χ4v) is 2.93. The summed E-state index contributed by atoms with van der Waals surface area (Å²) in [6, 6.07) is 2.19. The van der Waals surface area contributed by atoms with Crippen LogP contribution < -0.4 is 10.2 Å². The predicted octanol–water partition coefficient (Wildman–Crippen LogP) is 3.49. The Kier molecular flexibility index (Phi) is 5.77. The first-order valence-corrected chi connectivity index (χ1v) is 7.81. The van der Waals surface area contributed by atoms with Crippen LogP contribution in [0.15, 0.2) is 12.3 Å². The van der Waals surface area contributed by atoms with E-state index in [0.29, 0.717) is 24.0 Å². The molecule has 0 atom stereocenters. The Bertz CT molecular complexity index is 414. The molecule has 20 heavy (non-hydrogen) atoms. The van der Waals surface area contributed by atoms with Gasteiger partial charge in [0, 0.05) is 31.4 Å². The Morgan fingerprint density at radius 1 is 1.30 bits per heavy atom. The van der Waals surface area contributed by atoms with Gasteiger partial charge < -0.3 is 10.2 Å². The van der Waals surface area contributed by atoms with Crippen molar-refractivity contribution in [3.05, 3.63) is 23.6 Å². The summed E-state index contributed by atoms with van der Waals surface area (Å²) in [7, 11) is 1.98. The van der Waals surface area contributed by atoms with Gasteiger partial charge in [-0.2, -0.15) is 0 Å². The summed E-state index contributed by atoms with van der Waals surface area (Å²) >= 11 is 0. The summed E-state index contributed by atoms with van der Waals surface area (Å²) < 4.78 is 14.6. The summed E-state index contributed by atoms with van der Waals surface area (Å²) in [5.41, 5.74) is 0.706. The third-order valence-electron chi connectivity index (χ3n) is 4.22. The monoisotopic (exact) mass is 279 g/mol. The van der Waals surface area contributed by atoms with E-state index < -0.39 is 0 Å². The molecule has 1 heterocycles. The maximum atomic E-state index is 14.6. The first kappa shape index (κ1) is 15.2. The lowest BCUT2D eigenvalue weighted by Crippen LogP contribution is -2.33. The molecule has 1 aromatic rings. The van der Waals surface area contributed by atoms with Gasteiger partial charge in [-0.05, 0) is 25.5 Å². The minimum absolute atomic E-state index is 0.166. The maximum Gasteiger partial charge on any atom is 0.170 e. The predicted molar refractivity (Wildman–Crippen MR) is 81.5 cm³/mol. The van der Waals surface area contributed by atoms with Gasteiger partial charge in [0.25, 0.3) is 0 Å². The molecular weight excluding hydrogens is 253 g/mol. The van der Waals surface area contributed by atoms with Gasteiger partial charge in [-0.15, -0.1) is 0 Å². The first-order valence-electron chi connectivity index (χ1n) is 7.81. The van der Waals surface area contributed by atoms with Crippen LogP contribution in [0, 0.1) is 5.82 Å². The summed E-state index contributed by atoms with van der Waals surface area (Å²) in [6.07, 6.45) is 9.12. The highest BCUT2D eigenvalue weighted by Crippen LogP contribution is 2.26. The zero-order chi connectivity index (χ0) is 14.4. The summed E-state index contributed by atoms with van der Waals surface area (Å²) in [4.78, 5) is 6.33. The standard InChI is InChI=1S/C16H26FN3/c1-3-18-12-13-10-11-19-16(15(13)17)20(2)14-8-6-4-5-7-9-14/h10-11,14,18H,3-9,12H2,1-2H3. The second kappa shape index (κ2) is 7.58. The summed E-state index contributed by atoms with van der Waals surface area (Å²) in [5.74, 6) is 0.340. The molecule has 1 aliphatic carbocycles. The zero-order valence-electron chi connectivity index (χ0n) is 12.7. The van der Waals surface area contributed by atoms with Crippen LogP contribution >= 0.6 is 0 Å². The number of nitrogens with one attached hydrogen (secondary N) is 1. The molecule has 0 saturated heterocycles. The van der Waals surface area contributed by atoms with Crippen LogP contribution in [-0.2, 0) is 6.54 Å². The van der Waals surface area contributed by atoms with Crippen LogP contribution in [0.25, 0.3) is 0 Å². The SMILES string of the molecule is CCNCc1ccnc(N(C)C2CCCCCC2)c1F. The van der Waals surface area contributed by atoms with Gasteiger partial charge in [0.2, 0.25) is 0 Å².